The van der Waals surface area contributed by atoms with Gasteiger partial charge in [-0.2, -0.15) is 0 Å². The van der Waals surface area contributed by atoms with Crippen LogP contribution in [0.3, 0.4) is 0 Å². The van der Waals surface area contributed by atoms with Crippen molar-refractivity contribution in [2.45, 2.75) is 52.5 Å². The zero-order chi connectivity index (χ0) is 11.2. The summed E-state index contributed by atoms with van der Waals surface area (Å²) in [6.45, 7) is 8.73. The summed E-state index contributed by atoms with van der Waals surface area (Å²) in [4.78, 5) is 11.7. The number of hydrogen-bond donors (Lipinski definition) is 2. The number of carbonyl (C=O) groups is 1. The van der Waals surface area contributed by atoms with E-state index in [1.807, 2.05) is 27.7 Å². The molecule has 0 aromatic heterocycles. The summed E-state index contributed by atoms with van der Waals surface area (Å²) >= 11 is 0. The maximum atomic E-state index is 11.7. The second-order valence-corrected chi connectivity index (χ2v) is 4.43. The quantitative estimate of drug-likeness (QED) is 0.685. The molecule has 0 aromatic rings. The Labute approximate surface area is 87.4 Å². The van der Waals surface area contributed by atoms with Gasteiger partial charge in [0.15, 0.2) is 0 Å². The van der Waals surface area contributed by atoms with Crippen LogP contribution in [0.5, 0.6) is 0 Å². The molecule has 14 heavy (non-hydrogen) atoms. The molecule has 0 saturated carbocycles. The van der Waals surface area contributed by atoms with E-state index in [2.05, 4.69) is 5.32 Å². The van der Waals surface area contributed by atoms with Gasteiger partial charge in [0.05, 0.1) is 0 Å². The van der Waals surface area contributed by atoms with Crippen LogP contribution in [0.4, 0.5) is 0 Å². The van der Waals surface area contributed by atoms with Crippen molar-refractivity contribution in [3.8, 4) is 0 Å². The van der Waals surface area contributed by atoms with Crippen molar-refractivity contribution >= 4 is 5.91 Å². The largest absolute Gasteiger partial charge is 0.351 e. The van der Waals surface area contributed by atoms with E-state index in [1.54, 1.807) is 0 Å². The molecule has 1 amide bonds. The van der Waals surface area contributed by atoms with Crippen LogP contribution < -0.4 is 11.1 Å². The van der Waals surface area contributed by atoms with Gasteiger partial charge in [0.1, 0.15) is 0 Å². The molecule has 0 heterocycles. The summed E-state index contributed by atoms with van der Waals surface area (Å²) in [5, 5.41) is 3.04. The molecule has 0 atom stereocenters. The van der Waals surface area contributed by atoms with Crippen molar-refractivity contribution in [3.63, 3.8) is 0 Å². The highest BCUT2D eigenvalue weighted by molar-refractivity contribution is 5.79. The fourth-order valence-electron chi connectivity index (χ4n) is 1.52. The summed E-state index contributed by atoms with van der Waals surface area (Å²) in [6, 6.07) is 0. The molecule has 0 aliphatic rings. The van der Waals surface area contributed by atoms with Gasteiger partial charge in [-0.1, -0.05) is 13.8 Å². The lowest BCUT2D eigenvalue weighted by molar-refractivity contribution is -0.126. The number of rotatable bonds is 6. The van der Waals surface area contributed by atoms with Crippen LogP contribution in [0.15, 0.2) is 0 Å². The average Bonchev–Trinajstić information content (AvgIpc) is 2.04. The molecule has 0 fully saturated rings. The van der Waals surface area contributed by atoms with Gasteiger partial charge in [-0.25, -0.2) is 0 Å². The van der Waals surface area contributed by atoms with E-state index >= 15 is 0 Å². The Morgan fingerprint density at radius 1 is 1.36 bits per heavy atom. The van der Waals surface area contributed by atoms with Crippen molar-refractivity contribution in [2.24, 2.45) is 11.7 Å². The van der Waals surface area contributed by atoms with Crippen LogP contribution in [0, 0.1) is 5.92 Å². The minimum Gasteiger partial charge on any atom is -0.351 e. The van der Waals surface area contributed by atoms with E-state index < -0.39 is 0 Å². The molecular formula is C11H24N2O. The molecule has 3 N–H and O–H groups in total. The number of nitrogens with one attached hydrogen (secondary N) is 1. The lowest BCUT2D eigenvalue weighted by Crippen LogP contribution is -2.47. The Hall–Kier alpha value is -0.570. The van der Waals surface area contributed by atoms with Crippen molar-refractivity contribution in [1.82, 2.24) is 5.32 Å². The molecule has 0 radical (unpaired) electrons. The van der Waals surface area contributed by atoms with Gasteiger partial charge in [-0.15, -0.1) is 0 Å². The Kier molecular flexibility index (Phi) is 5.77. The molecule has 3 nitrogen and oxygen atoms in total. The smallest absolute Gasteiger partial charge is 0.223 e. The van der Waals surface area contributed by atoms with Crippen molar-refractivity contribution in [3.05, 3.63) is 0 Å². The first-order valence-electron chi connectivity index (χ1n) is 5.49. The maximum absolute atomic E-state index is 11.7. The van der Waals surface area contributed by atoms with E-state index in [0.29, 0.717) is 6.54 Å². The van der Waals surface area contributed by atoms with Crippen LogP contribution in [0.25, 0.3) is 0 Å². The zero-order valence-corrected chi connectivity index (χ0v) is 9.89. The summed E-state index contributed by atoms with van der Waals surface area (Å²) in [7, 11) is 0. The molecule has 3 heteroatoms. The van der Waals surface area contributed by atoms with E-state index in [0.717, 1.165) is 19.3 Å². The topological polar surface area (TPSA) is 55.1 Å². The van der Waals surface area contributed by atoms with Crippen LogP contribution in [-0.2, 0) is 4.79 Å². The maximum Gasteiger partial charge on any atom is 0.223 e. The van der Waals surface area contributed by atoms with E-state index in [9.17, 15) is 4.79 Å². The van der Waals surface area contributed by atoms with Gasteiger partial charge in [-0.05, 0) is 39.7 Å². The second kappa shape index (κ2) is 6.02. The van der Waals surface area contributed by atoms with Crippen LogP contribution in [0.2, 0.25) is 0 Å². The third-order valence-corrected chi connectivity index (χ3v) is 2.59. The predicted molar refractivity (Wildman–Crippen MR) is 60.0 cm³/mol. The van der Waals surface area contributed by atoms with Gasteiger partial charge >= 0.3 is 0 Å². The fourth-order valence-corrected chi connectivity index (χ4v) is 1.52. The minimum absolute atomic E-state index is 0.145. The molecular weight excluding hydrogens is 176 g/mol. The Morgan fingerprint density at radius 3 is 2.21 bits per heavy atom. The first-order valence-corrected chi connectivity index (χ1v) is 5.49. The first-order chi connectivity index (χ1) is 6.46. The molecule has 0 aromatic carbocycles. The van der Waals surface area contributed by atoms with Crippen LogP contribution >= 0.6 is 0 Å². The summed E-state index contributed by atoms with van der Waals surface area (Å²) < 4.78 is 0. The van der Waals surface area contributed by atoms with E-state index in [1.165, 1.54) is 0 Å². The van der Waals surface area contributed by atoms with Gasteiger partial charge in [-0.3, -0.25) is 4.79 Å². The molecule has 84 valence electrons. The normalized spacial score (nSPS) is 11.9. The van der Waals surface area contributed by atoms with E-state index in [4.69, 9.17) is 5.73 Å². The second-order valence-electron chi connectivity index (χ2n) is 4.43. The summed E-state index contributed by atoms with van der Waals surface area (Å²) in [5.41, 5.74) is 5.31. The third kappa shape index (κ3) is 4.61. The lowest BCUT2D eigenvalue weighted by atomic mass is 9.97. The fraction of sp³-hybridized carbons (Fsp3) is 0.909. The van der Waals surface area contributed by atoms with Crippen molar-refractivity contribution in [1.29, 1.82) is 0 Å². The summed E-state index contributed by atoms with van der Waals surface area (Å²) in [6.07, 6.45) is 2.63. The van der Waals surface area contributed by atoms with E-state index in [-0.39, 0.29) is 17.4 Å². The number of nitrogens with two attached hydrogens (primary N) is 1. The highest BCUT2D eigenvalue weighted by atomic mass is 16.2. The highest BCUT2D eigenvalue weighted by Crippen LogP contribution is 2.12. The number of amides is 1. The van der Waals surface area contributed by atoms with Crippen LogP contribution in [-0.4, -0.2) is 18.0 Å². The molecule has 0 bridgehead atoms. The standard InChI is InChI=1S/C11H24N2O/c1-5-9(6-2)10(14)13-11(3,4)7-8-12/h9H,5-8,12H2,1-4H3,(H,13,14). The van der Waals surface area contributed by atoms with Gasteiger partial charge in [0.2, 0.25) is 5.91 Å². The third-order valence-electron chi connectivity index (χ3n) is 2.59. The molecule has 0 aliphatic heterocycles. The Bertz CT molecular complexity index is 174. The Morgan fingerprint density at radius 2 is 1.86 bits per heavy atom. The van der Waals surface area contributed by atoms with Crippen LogP contribution in [0.1, 0.15) is 47.0 Å². The molecule has 0 saturated heterocycles. The molecule has 0 spiro atoms. The molecule has 0 aliphatic carbocycles. The number of hydrogen-bond acceptors (Lipinski definition) is 2. The average molecular weight is 200 g/mol. The zero-order valence-electron chi connectivity index (χ0n) is 9.89. The Balaban J connectivity index is 4.15. The van der Waals surface area contributed by atoms with Crippen molar-refractivity contribution < 1.29 is 4.79 Å². The SMILES string of the molecule is CCC(CC)C(=O)NC(C)(C)CCN. The minimum atomic E-state index is -0.172. The highest BCUT2D eigenvalue weighted by Gasteiger charge is 2.22. The van der Waals surface area contributed by atoms with Gasteiger partial charge in [0, 0.05) is 11.5 Å². The summed E-state index contributed by atoms with van der Waals surface area (Å²) in [5.74, 6) is 0.306. The predicted octanol–water partition coefficient (Wildman–Crippen LogP) is 1.67. The first kappa shape index (κ1) is 13.4. The monoisotopic (exact) mass is 200 g/mol. The molecule has 0 rings (SSSR count). The van der Waals surface area contributed by atoms with Gasteiger partial charge in [0.25, 0.3) is 0 Å². The number of carbonyl (C=O) groups excluding carboxylic acids is 1. The molecule has 0 unspecified atom stereocenters. The van der Waals surface area contributed by atoms with Crippen molar-refractivity contribution in [2.75, 3.05) is 6.54 Å². The van der Waals surface area contributed by atoms with Gasteiger partial charge < -0.3 is 11.1 Å². The lowest BCUT2D eigenvalue weighted by Gasteiger charge is -2.27.